The minimum Gasteiger partial charge on any atom is -0.383 e. The maximum atomic E-state index is 13.3. The van der Waals surface area contributed by atoms with Crippen molar-refractivity contribution in [2.45, 2.75) is 25.5 Å². The maximum absolute atomic E-state index is 13.3. The summed E-state index contributed by atoms with van der Waals surface area (Å²) in [6.07, 6.45) is 1.94. The highest BCUT2D eigenvalue weighted by atomic mass is 79.9. The summed E-state index contributed by atoms with van der Waals surface area (Å²) in [6.45, 7) is 2.73. The third-order valence-corrected chi connectivity index (χ3v) is 3.83. The van der Waals surface area contributed by atoms with E-state index >= 15 is 0 Å². The van der Waals surface area contributed by atoms with Gasteiger partial charge in [-0.25, -0.2) is 4.39 Å². The van der Waals surface area contributed by atoms with Crippen LogP contribution in [0.3, 0.4) is 0 Å². The van der Waals surface area contributed by atoms with Gasteiger partial charge in [0.25, 0.3) is 0 Å². The molecule has 0 fully saturated rings. The highest BCUT2D eigenvalue weighted by molar-refractivity contribution is 9.10. The number of hydrogen-bond acceptors (Lipinski definition) is 3. The molecule has 114 valence electrons. The van der Waals surface area contributed by atoms with E-state index < -0.39 is 5.60 Å². The molecule has 1 aromatic carbocycles. The molecule has 1 heterocycles. The fourth-order valence-electron chi connectivity index (χ4n) is 2.37. The number of halogens is 2. The molecule has 0 aliphatic rings. The van der Waals surface area contributed by atoms with E-state index in [1.54, 1.807) is 37.0 Å². The van der Waals surface area contributed by atoms with E-state index in [4.69, 9.17) is 4.74 Å². The molecule has 0 amide bonds. The van der Waals surface area contributed by atoms with Crippen LogP contribution in [0, 0.1) is 5.82 Å². The number of rotatable bonds is 6. The topological polar surface area (TPSA) is 47.3 Å². The minimum absolute atomic E-state index is 0.294. The Kier molecular flexibility index (Phi) is 5.13. The summed E-state index contributed by atoms with van der Waals surface area (Å²) in [7, 11) is 1.61. The fraction of sp³-hybridized carbons (Fsp3) is 0.400. The SMILES string of the molecule is COCCn1ncc(Br)c1C(C)(O)Cc1cccc(F)c1. The van der Waals surface area contributed by atoms with Crippen molar-refractivity contribution >= 4 is 15.9 Å². The van der Waals surface area contributed by atoms with Gasteiger partial charge in [0.1, 0.15) is 11.4 Å². The molecule has 0 saturated carbocycles. The Hall–Kier alpha value is -1.24. The first-order valence-electron chi connectivity index (χ1n) is 6.61. The number of aromatic nitrogens is 2. The Morgan fingerprint density at radius 3 is 2.90 bits per heavy atom. The van der Waals surface area contributed by atoms with E-state index in [0.717, 1.165) is 10.0 Å². The van der Waals surface area contributed by atoms with Crippen molar-refractivity contribution in [2.24, 2.45) is 0 Å². The summed E-state index contributed by atoms with van der Waals surface area (Å²) in [5.41, 5.74) is 0.215. The number of ether oxygens (including phenoxy) is 1. The molecule has 0 aliphatic heterocycles. The molecule has 1 N–H and O–H groups in total. The average molecular weight is 357 g/mol. The number of benzene rings is 1. The molecule has 0 bridgehead atoms. The molecule has 0 spiro atoms. The van der Waals surface area contributed by atoms with Gasteiger partial charge in [-0.1, -0.05) is 12.1 Å². The zero-order valence-electron chi connectivity index (χ0n) is 12.0. The van der Waals surface area contributed by atoms with Gasteiger partial charge in [-0.2, -0.15) is 5.10 Å². The summed E-state index contributed by atoms with van der Waals surface area (Å²) < 4.78 is 20.8. The lowest BCUT2D eigenvalue weighted by Gasteiger charge is -2.25. The van der Waals surface area contributed by atoms with Gasteiger partial charge in [-0.3, -0.25) is 4.68 Å². The maximum Gasteiger partial charge on any atom is 0.123 e. The third kappa shape index (κ3) is 3.90. The van der Waals surface area contributed by atoms with Crippen LogP contribution in [0.25, 0.3) is 0 Å². The largest absolute Gasteiger partial charge is 0.383 e. The molecule has 0 aliphatic carbocycles. The predicted molar refractivity (Wildman–Crippen MR) is 81.5 cm³/mol. The van der Waals surface area contributed by atoms with Crippen molar-refractivity contribution in [3.8, 4) is 0 Å². The third-order valence-electron chi connectivity index (χ3n) is 3.25. The fourth-order valence-corrected chi connectivity index (χ4v) is 3.10. The molecule has 6 heteroatoms. The van der Waals surface area contributed by atoms with Gasteiger partial charge in [0.15, 0.2) is 0 Å². The lowest BCUT2D eigenvalue weighted by atomic mass is 9.93. The highest BCUT2D eigenvalue weighted by Crippen LogP contribution is 2.31. The molecule has 1 aromatic heterocycles. The molecule has 1 unspecified atom stereocenters. The van der Waals surface area contributed by atoms with Crippen LogP contribution in [0.15, 0.2) is 34.9 Å². The standard InChI is InChI=1S/C15H18BrFN2O2/c1-15(20,9-11-4-3-5-12(17)8-11)14-13(16)10-18-19(14)6-7-21-2/h3-5,8,10,20H,6-7,9H2,1-2H3. The van der Waals surface area contributed by atoms with Gasteiger partial charge < -0.3 is 9.84 Å². The van der Waals surface area contributed by atoms with Crippen LogP contribution in [0.5, 0.6) is 0 Å². The Morgan fingerprint density at radius 1 is 1.48 bits per heavy atom. The molecular formula is C15H18BrFN2O2. The first-order valence-corrected chi connectivity index (χ1v) is 7.41. The average Bonchev–Trinajstić information content (AvgIpc) is 2.77. The van der Waals surface area contributed by atoms with Gasteiger partial charge in [-0.15, -0.1) is 0 Å². The second-order valence-corrected chi connectivity index (χ2v) is 5.99. The number of aliphatic hydroxyl groups is 1. The van der Waals surface area contributed by atoms with Crippen LogP contribution >= 0.6 is 15.9 Å². The van der Waals surface area contributed by atoms with Gasteiger partial charge in [-0.05, 0) is 40.5 Å². The molecule has 1 atom stereocenters. The summed E-state index contributed by atoms with van der Waals surface area (Å²) >= 11 is 3.41. The Labute approximate surface area is 131 Å². The zero-order valence-corrected chi connectivity index (χ0v) is 13.6. The smallest absolute Gasteiger partial charge is 0.123 e. The van der Waals surface area contributed by atoms with E-state index in [-0.39, 0.29) is 5.82 Å². The van der Waals surface area contributed by atoms with E-state index in [1.165, 1.54) is 12.1 Å². The Morgan fingerprint density at radius 2 is 2.24 bits per heavy atom. The molecule has 2 aromatic rings. The second-order valence-electron chi connectivity index (χ2n) is 5.14. The highest BCUT2D eigenvalue weighted by Gasteiger charge is 2.30. The molecule has 21 heavy (non-hydrogen) atoms. The van der Waals surface area contributed by atoms with Crippen molar-refractivity contribution in [3.05, 3.63) is 52.0 Å². The molecular weight excluding hydrogens is 339 g/mol. The van der Waals surface area contributed by atoms with Gasteiger partial charge in [0.2, 0.25) is 0 Å². The lowest BCUT2D eigenvalue weighted by molar-refractivity contribution is 0.0452. The summed E-state index contributed by atoms with van der Waals surface area (Å²) in [4.78, 5) is 0. The molecule has 4 nitrogen and oxygen atoms in total. The number of methoxy groups -OCH3 is 1. The van der Waals surface area contributed by atoms with Gasteiger partial charge in [0.05, 0.1) is 29.5 Å². The van der Waals surface area contributed by atoms with Crippen LogP contribution in [0.4, 0.5) is 4.39 Å². The predicted octanol–water partition coefficient (Wildman–Crippen LogP) is 2.88. The van der Waals surface area contributed by atoms with Crippen LogP contribution in [0.2, 0.25) is 0 Å². The first kappa shape index (κ1) is 16.1. The van der Waals surface area contributed by atoms with Crippen molar-refractivity contribution in [2.75, 3.05) is 13.7 Å². The van der Waals surface area contributed by atoms with Crippen LogP contribution in [-0.2, 0) is 23.3 Å². The van der Waals surface area contributed by atoms with Crippen LogP contribution < -0.4 is 0 Å². The lowest BCUT2D eigenvalue weighted by Crippen LogP contribution is -2.29. The van der Waals surface area contributed by atoms with E-state index in [0.29, 0.717) is 25.3 Å². The van der Waals surface area contributed by atoms with Gasteiger partial charge in [0, 0.05) is 13.5 Å². The molecule has 2 rings (SSSR count). The monoisotopic (exact) mass is 356 g/mol. The van der Waals surface area contributed by atoms with E-state index in [1.807, 2.05) is 0 Å². The number of hydrogen-bond donors (Lipinski definition) is 1. The summed E-state index contributed by atoms with van der Waals surface area (Å²) in [5.74, 6) is -0.310. The second kappa shape index (κ2) is 6.68. The summed E-state index contributed by atoms with van der Waals surface area (Å²) in [6, 6.07) is 6.24. The van der Waals surface area contributed by atoms with E-state index in [9.17, 15) is 9.50 Å². The Balaban J connectivity index is 2.28. The van der Waals surface area contributed by atoms with Gasteiger partial charge >= 0.3 is 0 Å². The summed E-state index contributed by atoms with van der Waals surface area (Å²) in [5, 5.41) is 15.1. The van der Waals surface area contributed by atoms with Crippen LogP contribution in [0.1, 0.15) is 18.2 Å². The minimum atomic E-state index is -1.17. The van der Waals surface area contributed by atoms with E-state index in [2.05, 4.69) is 21.0 Å². The van der Waals surface area contributed by atoms with Crippen molar-refractivity contribution in [1.29, 1.82) is 0 Å². The molecule has 0 saturated heterocycles. The Bertz CT molecular complexity index is 613. The van der Waals surface area contributed by atoms with Crippen LogP contribution in [-0.4, -0.2) is 28.6 Å². The number of nitrogens with zero attached hydrogens (tertiary/aromatic N) is 2. The van der Waals surface area contributed by atoms with Crippen molar-refractivity contribution < 1.29 is 14.2 Å². The normalized spacial score (nSPS) is 14.1. The molecule has 0 radical (unpaired) electrons. The quantitative estimate of drug-likeness (QED) is 0.865. The zero-order chi connectivity index (χ0) is 15.5. The first-order chi connectivity index (χ1) is 9.94. The van der Waals surface area contributed by atoms with Crippen molar-refractivity contribution in [3.63, 3.8) is 0 Å². The van der Waals surface area contributed by atoms with Crippen molar-refractivity contribution in [1.82, 2.24) is 9.78 Å².